The van der Waals surface area contributed by atoms with Gasteiger partial charge in [0.05, 0.1) is 6.04 Å². The molecule has 4 nitrogen and oxygen atoms in total. The number of nitrogens with two attached hydrogens (primary N) is 1. The van der Waals surface area contributed by atoms with Crippen LogP contribution in [0.25, 0.3) is 0 Å². The van der Waals surface area contributed by atoms with Crippen LogP contribution in [-0.2, 0) is 4.79 Å². The molecule has 2 rings (SSSR count). The molecule has 0 bridgehead atoms. The third-order valence-corrected chi connectivity index (χ3v) is 4.86. The van der Waals surface area contributed by atoms with E-state index in [9.17, 15) is 4.79 Å². The second-order valence-corrected chi connectivity index (χ2v) is 7.37. The van der Waals surface area contributed by atoms with Gasteiger partial charge in [-0.3, -0.25) is 4.79 Å². The number of piperidine rings is 2. The molecular weight excluding hydrogens is 238 g/mol. The maximum Gasteiger partial charge on any atom is 0.240 e. The van der Waals surface area contributed by atoms with E-state index in [0.717, 1.165) is 19.5 Å². The number of hydrogen-bond donors (Lipinski definition) is 1. The Morgan fingerprint density at radius 3 is 2.58 bits per heavy atom. The van der Waals surface area contributed by atoms with E-state index in [4.69, 9.17) is 5.73 Å². The zero-order valence-corrected chi connectivity index (χ0v) is 12.9. The molecule has 0 aromatic carbocycles. The smallest absolute Gasteiger partial charge is 0.240 e. The lowest BCUT2D eigenvalue weighted by atomic mass is 9.82. The second kappa shape index (κ2) is 5.41. The summed E-state index contributed by atoms with van der Waals surface area (Å²) < 4.78 is 0. The molecule has 0 aliphatic carbocycles. The molecule has 0 radical (unpaired) electrons. The molecule has 2 heterocycles. The van der Waals surface area contributed by atoms with Crippen LogP contribution in [0.3, 0.4) is 0 Å². The van der Waals surface area contributed by atoms with Crippen LogP contribution in [0.15, 0.2) is 0 Å². The minimum atomic E-state index is -0.384. The highest BCUT2D eigenvalue weighted by atomic mass is 16.2. The molecule has 2 saturated heterocycles. The quantitative estimate of drug-likeness (QED) is 0.779. The van der Waals surface area contributed by atoms with E-state index in [1.807, 2.05) is 25.7 Å². The van der Waals surface area contributed by atoms with Gasteiger partial charge in [0, 0.05) is 19.1 Å². The van der Waals surface area contributed by atoms with Crippen molar-refractivity contribution in [3.05, 3.63) is 0 Å². The van der Waals surface area contributed by atoms with Crippen molar-refractivity contribution in [1.29, 1.82) is 0 Å². The minimum absolute atomic E-state index is 0.138. The number of hydrogen-bond acceptors (Lipinski definition) is 3. The predicted octanol–water partition coefficient (Wildman–Crippen LogP) is 1.30. The molecule has 2 aliphatic rings. The van der Waals surface area contributed by atoms with Gasteiger partial charge in [0.15, 0.2) is 0 Å². The second-order valence-electron chi connectivity index (χ2n) is 7.37. The molecule has 2 unspecified atom stereocenters. The van der Waals surface area contributed by atoms with Crippen LogP contribution in [0.2, 0.25) is 0 Å². The monoisotopic (exact) mass is 267 g/mol. The van der Waals surface area contributed by atoms with Gasteiger partial charge in [-0.25, -0.2) is 0 Å². The molecule has 0 saturated carbocycles. The molecule has 2 fully saturated rings. The summed E-state index contributed by atoms with van der Waals surface area (Å²) in [6.07, 6.45) is 3.61. The number of amides is 1. The average molecular weight is 267 g/mol. The van der Waals surface area contributed by atoms with Crippen molar-refractivity contribution in [3.63, 3.8) is 0 Å². The lowest BCUT2D eigenvalue weighted by molar-refractivity contribution is -0.138. The lowest BCUT2D eigenvalue weighted by Gasteiger charge is -2.47. The van der Waals surface area contributed by atoms with Crippen molar-refractivity contribution in [2.45, 2.75) is 52.1 Å². The van der Waals surface area contributed by atoms with Crippen LogP contribution in [0, 0.1) is 11.3 Å². The summed E-state index contributed by atoms with van der Waals surface area (Å²) >= 11 is 0. The molecule has 4 heteroatoms. The predicted molar refractivity (Wildman–Crippen MR) is 77.8 cm³/mol. The Kier molecular flexibility index (Phi) is 4.21. The molecule has 1 amide bonds. The van der Waals surface area contributed by atoms with E-state index in [-0.39, 0.29) is 17.4 Å². The fraction of sp³-hybridized carbons (Fsp3) is 0.933. The van der Waals surface area contributed by atoms with Gasteiger partial charge >= 0.3 is 0 Å². The van der Waals surface area contributed by atoms with Gasteiger partial charge < -0.3 is 15.5 Å². The summed E-state index contributed by atoms with van der Waals surface area (Å²) in [6.45, 7) is 9.09. The first-order chi connectivity index (χ1) is 8.80. The van der Waals surface area contributed by atoms with E-state index in [2.05, 4.69) is 11.9 Å². The SMILES string of the molecule is CN1CCCC2CN(C(=O)[C@H](N)C(C)(C)C)CCC21. The summed E-state index contributed by atoms with van der Waals surface area (Å²) in [6, 6.07) is 0.286. The van der Waals surface area contributed by atoms with Crippen molar-refractivity contribution in [2.24, 2.45) is 17.1 Å². The number of rotatable bonds is 1. The Labute approximate surface area is 117 Å². The largest absolute Gasteiger partial charge is 0.341 e. The number of carbonyl (C=O) groups is 1. The van der Waals surface area contributed by atoms with Gasteiger partial charge in [0.1, 0.15) is 0 Å². The third-order valence-electron chi connectivity index (χ3n) is 4.86. The highest BCUT2D eigenvalue weighted by molar-refractivity contribution is 5.82. The topological polar surface area (TPSA) is 49.6 Å². The highest BCUT2D eigenvalue weighted by Crippen LogP contribution is 2.30. The van der Waals surface area contributed by atoms with Crippen molar-refractivity contribution < 1.29 is 4.79 Å². The summed E-state index contributed by atoms with van der Waals surface area (Å²) in [5, 5.41) is 0. The molecular formula is C15H29N3O. The Morgan fingerprint density at radius 1 is 1.26 bits per heavy atom. The van der Waals surface area contributed by atoms with Crippen molar-refractivity contribution in [2.75, 3.05) is 26.7 Å². The molecule has 3 atom stereocenters. The standard InChI is InChI=1S/C15H29N3O/c1-15(2,3)13(16)14(19)18-9-7-12-11(10-18)6-5-8-17(12)4/h11-13H,5-10,16H2,1-4H3/t11?,12?,13-/m0/s1. The van der Waals surface area contributed by atoms with Crippen LogP contribution in [0.1, 0.15) is 40.0 Å². The molecule has 0 aromatic heterocycles. The lowest BCUT2D eigenvalue weighted by Crippen LogP contribution is -2.58. The van der Waals surface area contributed by atoms with E-state index in [0.29, 0.717) is 12.0 Å². The summed E-state index contributed by atoms with van der Waals surface area (Å²) in [4.78, 5) is 17.0. The summed E-state index contributed by atoms with van der Waals surface area (Å²) in [5.41, 5.74) is 5.96. The average Bonchev–Trinajstić information content (AvgIpc) is 2.36. The van der Waals surface area contributed by atoms with E-state index >= 15 is 0 Å². The molecule has 110 valence electrons. The van der Waals surface area contributed by atoms with E-state index in [1.54, 1.807) is 0 Å². The van der Waals surface area contributed by atoms with Gasteiger partial charge in [-0.2, -0.15) is 0 Å². The number of nitrogens with zero attached hydrogens (tertiary/aromatic N) is 2. The van der Waals surface area contributed by atoms with Crippen molar-refractivity contribution in [1.82, 2.24) is 9.80 Å². The third kappa shape index (κ3) is 3.11. The number of carbonyl (C=O) groups excluding carboxylic acids is 1. The fourth-order valence-electron chi connectivity index (χ4n) is 3.42. The molecule has 2 N–H and O–H groups in total. The number of fused-ring (bicyclic) bond motifs is 1. The van der Waals surface area contributed by atoms with Crippen LogP contribution >= 0.6 is 0 Å². The normalized spacial score (nSPS) is 30.9. The Balaban J connectivity index is 1.99. The fourth-order valence-corrected chi connectivity index (χ4v) is 3.42. The van der Waals surface area contributed by atoms with Crippen molar-refractivity contribution in [3.8, 4) is 0 Å². The zero-order valence-electron chi connectivity index (χ0n) is 12.9. The first-order valence-electron chi connectivity index (χ1n) is 7.55. The van der Waals surface area contributed by atoms with E-state index in [1.165, 1.54) is 19.4 Å². The van der Waals surface area contributed by atoms with Gasteiger partial charge in [0.25, 0.3) is 0 Å². The molecule has 2 aliphatic heterocycles. The molecule has 0 aromatic rings. The van der Waals surface area contributed by atoms with Gasteiger partial charge in [-0.05, 0) is 44.2 Å². The first-order valence-corrected chi connectivity index (χ1v) is 7.55. The van der Waals surface area contributed by atoms with Crippen LogP contribution in [0.5, 0.6) is 0 Å². The summed E-state index contributed by atoms with van der Waals surface area (Å²) in [5.74, 6) is 0.780. The zero-order chi connectivity index (χ0) is 14.2. The van der Waals surface area contributed by atoms with Crippen LogP contribution in [0.4, 0.5) is 0 Å². The van der Waals surface area contributed by atoms with Gasteiger partial charge in [-0.15, -0.1) is 0 Å². The minimum Gasteiger partial charge on any atom is -0.341 e. The molecule has 19 heavy (non-hydrogen) atoms. The van der Waals surface area contributed by atoms with Gasteiger partial charge in [0.2, 0.25) is 5.91 Å². The number of likely N-dealkylation sites (tertiary alicyclic amines) is 2. The Hall–Kier alpha value is -0.610. The van der Waals surface area contributed by atoms with Crippen molar-refractivity contribution >= 4 is 5.91 Å². The maximum atomic E-state index is 12.5. The highest BCUT2D eigenvalue weighted by Gasteiger charge is 2.38. The van der Waals surface area contributed by atoms with E-state index < -0.39 is 0 Å². The van der Waals surface area contributed by atoms with Crippen LogP contribution in [-0.4, -0.2) is 54.5 Å². The maximum absolute atomic E-state index is 12.5. The Bertz CT molecular complexity index is 337. The van der Waals surface area contributed by atoms with Gasteiger partial charge in [-0.1, -0.05) is 20.8 Å². The summed E-state index contributed by atoms with van der Waals surface area (Å²) in [7, 11) is 2.22. The Morgan fingerprint density at radius 2 is 1.95 bits per heavy atom. The first kappa shape index (κ1) is 14.8. The van der Waals surface area contributed by atoms with Crippen LogP contribution < -0.4 is 5.73 Å². The molecule has 0 spiro atoms.